The predicted octanol–water partition coefficient (Wildman–Crippen LogP) is 6.57. The number of ether oxygens (including phenoxy) is 2. The van der Waals surface area contributed by atoms with Crippen molar-refractivity contribution in [2.24, 2.45) is 0 Å². The van der Waals surface area contributed by atoms with E-state index in [1.54, 1.807) is 0 Å². The molecular weight excluding hydrogens is 593 g/mol. The van der Waals surface area contributed by atoms with Gasteiger partial charge in [0.15, 0.2) is 0 Å². The first-order chi connectivity index (χ1) is 22.2. The van der Waals surface area contributed by atoms with Crippen molar-refractivity contribution >= 4 is 20.4 Å². The molecule has 45 heavy (non-hydrogen) atoms. The summed E-state index contributed by atoms with van der Waals surface area (Å²) in [6.07, 6.45) is -0.502. The topological polar surface area (TPSA) is 128 Å². The molecule has 1 aromatic heterocycles. The van der Waals surface area contributed by atoms with E-state index in [1.165, 1.54) is 16.8 Å². The molecule has 1 amide bonds. The molecule has 238 valence electrons. The number of nitriles is 1. The van der Waals surface area contributed by atoms with Crippen LogP contribution in [0, 0.1) is 11.3 Å². The van der Waals surface area contributed by atoms with Gasteiger partial charge in [-0.15, -0.1) is 0 Å². The van der Waals surface area contributed by atoms with Crippen LogP contribution in [0.3, 0.4) is 0 Å². The van der Waals surface area contributed by atoms with Gasteiger partial charge in [0, 0.05) is 32.0 Å². The van der Waals surface area contributed by atoms with Gasteiger partial charge >= 0.3 is 11.8 Å². The van der Waals surface area contributed by atoms with Crippen molar-refractivity contribution < 1.29 is 24.7 Å². The van der Waals surface area contributed by atoms with Gasteiger partial charge in [-0.05, 0) is 62.9 Å². The van der Waals surface area contributed by atoms with Crippen molar-refractivity contribution in [3.63, 3.8) is 0 Å². The number of anilines is 1. The van der Waals surface area contributed by atoms with Gasteiger partial charge in [-0.1, -0.05) is 48.5 Å². The van der Waals surface area contributed by atoms with Crippen LogP contribution >= 0.6 is 8.53 Å². The number of amides is 1. The highest BCUT2D eigenvalue weighted by Gasteiger charge is 2.39. The summed E-state index contributed by atoms with van der Waals surface area (Å²) in [6, 6.07) is 20.0. The third kappa shape index (κ3) is 7.43. The zero-order valence-electron chi connectivity index (χ0n) is 27.0. The highest BCUT2D eigenvalue weighted by Crippen LogP contribution is 2.50. The number of nitrogens with one attached hydrogen (secondary N) is 1. The molecule has 1 unspecified atom stereocenters. The monoisotopic (exact) mass is 634 g/mol. The first kappa shape index (κ1) is 31.3. The van der Waals surface area contributed by atoms with E-state index in [0.717, 1.165) is 22.3 Å². The van der Waals surface area contributed by atoms with E-state index in [2.05, 4.69) is 33.2 Å². The minimum Gasteiger partial charge on any atom is -0.448 e. The molecule has 11 nitrogen and oxygen atoms in total. The normalized spacial score (nSPS) is 20.1. The highest BCUT2D eigenvalue weighted by atomic mass is 31.2. The summed E-state index contributed by atoms with van der Waals surface area (Å²) in [6.45, 7) is 8.48. The number of hydrogen-bond donors (Lipinski definition) is 1. The Kier molecular flexibility index (Phi) is 10.2. The fourth-order valence-corrected chi connectivity index (χ4v) is 7.59. The molecule has 1 fully saturated rings. The smallest absolute Gasteiger partial charge is 0.412 e. The van der Waals surface area contributed by atoms with E-state index < -0.39 is 38.7 Å². The molecule has 5 rings (SSSR count). The van der Waals surface area contributed by atoms with Crippen molar-refractivity contribution in [1.82, 2.24) is 14.2 Å². The number of rotatable bonds is 12. The van der Waals surface area contributed by atoms with Crippen molar-refractivity contribution in [2.75, 3.05) is 18.5 Å². The van der Waals surface area contributed by atoms with E-state index in [4.69, 9.17) is 25.2 Å². The number of aromatic nitrogens is 2. The average Bonchev–Trinajstić information content (AvgIpc) is 3.58. The first-order valence-electron chi connectivity index (χ1n) is 15.8. The Labute approximate surface area is 266 Å². The molecule has 1 aliphatic carbocycles. The van der Waals surface area contributed by atoms with Crippen LogP contribution in [0.15, 0.2) is 65.6 Å². The molecule has 0 saturated carbocycles. The molecule has 2 heterocycles. The Morgan fingerprint density at radius 3 is 2.42 bits per heavy atom. The fourth-order valence-electron chi connectivity index (χ4n) is 5.84. The lowest BCUT2D eigenvalue weighted by atomic mass is 9.98. The Morgan fingerprint density at radius 2 is 1.82 bits per heavy atom. The van der Waals surface area contributed by atoms with Crippen LogP contribution < -0.4 is 11.0 Å². The van der Waals surface area contributed by atoms with Crippen LogP contribution in [0.25, 0.3) is 11.1 Å². The molecule has 1 aliphatic heterocycles. The van der Waals surface area contributed by atoms with E-state index in [9.17, 15) is 9.59 Å². The Balaban J connectivity index is 1.22. The zero-order valence-corrected chi connectivity index (χ0v) is 26.9. The summed E-state index contributed by atoms with van der Waals surface area (Å²) >= 11 is 0. The fraction of sp³-hybridized carbons (Fsp3) is 0.455. The Hall–Kier alpha value is -3.65. The quantitative estimate of drug-likeness (QED) is 0.174. The predicted molar refractivity (Wildman–Crippen MR) is 171 cm³/mol. The number of nitrogens with zero attached hydrogens (tertiary/aromatic N) is 4. The van der Waals surface area contributed by atoms with Crippen molar-refractivity contribution in [2.45, 2.75) is 83.9 Å². The molecule has 3 aromatic rings. The lowest BCUT2D eigenvalue weighted by molar-refractivity contribution is -0.00866. The van der Waals surface area contributed by atoms with Crippen molar-refractivity contribution in [1.29, 1.82) is 5.26 Å². The summed E-state index contributed by atoms with van der Waals surface area (Å²) in [5, 5.41) is 11.6. The molecule has 1 N–H and O–H groups in total. The largest absolute Gasteiger partial charge is 0.448 e. The number of carbonyl (C=O) groups is 1. The zero-order chi connectivity index (χ0) is 32.8. The molecule has 2 aromatic carbocycles. The van der Waals surface area contributed by atoms with Gasteiger partial charge < -0.3 is 18.5 Å². The van der Waals surface area contributed by atoms with Crippen LogP contribution in [0.4, 0.5) is 10.6 Å². The molecule has 12 heteroatoms. The molecule has 0 bridgehead atoms. The Bertz CT molecular complexity index is 1560. The Morgan fingerprint density at radius 1 is 1.16 bits per heavy atom. The van der Waals surface area contributed by atoms with Crippen LogP contribution in [-0.4, -0.2) is 57.8 Å². The lowest BCUT2D eigenvalue weighted by Crippen LogP contribution is -2.35. The van der Waals surface area contributed by atoms with E-state index >= 15 is 0 Å². The second-order valence-electron chi connectivity index (χ2n) is 11.5. The molecule has 1 saturated heterocycles. The second-order valence-corrected chi connectivity index (χ2v) is 12.9. The first-order valence-corrected chi connectivity index (χ1v) is 16.3. The third-order valence-electron chi connectivity index (χ3n) is 7.78. The molecule has 4 atom stereocenters. The number of hydrogen-bond acceptors (Lipinski definition) is 9. The molecule has 2 aliphatic rings. The van der Waals surface area contributed by atoms with Gasteiger partial charge in [0.1, 0.15) is 18.7 Å². The maximum atomic E-state index is 13.1. The van der Waals surface area contributed by atoms with Gasteiger partial charge in [0.2, 0.25) is 0 Å². The summed E-state index contributed by atoms with van der Waals surface area (Å²) in [4.78, 5) is 29.8. The van der Waals surface area contributed by atoms with Crippen molar-refractivity contribution in [3.8, 4) is 17.2 Å². The van der Waals surface area contributed by atoms with Gasteiger partial charge in [0.05, 0.1) is 31.3 Å². The molecule has 0 radical (unpaired) electrons. The summed E-state index contributed by atoms with van der Waals surface area (Å²) in [5.41, 5.74) is 3.84. The average molecular weight is 635 g/mol. The van der Waals surface area contributed by atoms with Crippen molar-refractivity contribution in [3.05, 3.63) is 82.4 Å². The standard InChI is InChI=1S/C33H40N5O6P/c1-21(2)38(22(3)4)45(42-18-10-16-34)44-29-19-31(43-23(29)5)37-17-15-30(35-32(37)39)36-33(40)41-20-28-26-13-8-6-11-24(26)25-12-7-9-14-27(25)28/h6-9,11-15,17,21-23,28-29,31H,10,18-20H2,1-5H3,(H,35,36,39,40)/t23-,29-,31-,45?/m1/s1/i5D. The van der Waals surface area contributed by atoms with E-state index in [-0.39, 0.29) is 50.4 Å². The SMILES string of the molecule is [2H]C[C@H]1O[C@@H](n2ccc(NC(=O)OCC3c4ccccc4-c4ccccc43)nc2=O)C[C@H]1OP(OCCC#N)N(C(C)C)C(C)C. The van der Waals surface area contributed by atoms with Gasteiger partial charge in [-0.25, -0.2) is 14.3 Å². The van der Waals surface area contributed by atoms with Gasteiger partial charge in [0.25, 0.3) is 8.53 Å². The minimum atomic E-state index is -1.55. The summed E-state index contributed by atoms with van der Waals surface area (Å²) in [5.74, 6) is -0.0371. The second kappa shape index (κ2) is 14.6. The van der Waals surface area contributed by atoms with Crippen LogP contribution in [-0.2, 0) is 18.5 Å². The number of carbonyl (C=O) groups excluding carboxylic acids is 1. The lowest BCUT2D eigenvalue weighted by Gasteiger charge is -2.37. The summed E-state index contributed by atoms with van der Waals surface area (Å²) in [7, 11) is -1.55. The maximum Gasteiger partial charge on any atom is 0.412 e. The van der Waals surface area contributed by atoms with Gasteiger partial charge in [-0.3, -0.25) is 9.88 Å². The van der Waals surface area contributed by atoms with Crippen LogP contribution in [0.1, 0.15) is 72.1 Å². The van der Waals surface area contributed by atoms with Crippen LogP contribution in [0.2, 0.25) is 0 Å². The summed E-state index contributed by atoms with van der Waals surface area (Å²) < 4.78 is 35.6. The molecule has 0 spiro atoms. The number of fused-ring (bicyclic) bond motifs is 3. The number of benzene rings is 2. The van der Waals surface area contributed by atoms with Crippen LogP contribution in [0.5, 0.6) is 0 Å². The highest BCUT2D eigenvalue weighted by molar-refractivity contribution is 7.44. The third-order valence-corrected chi connectivity index (χ3v) is 9.94. The van der Waals surface area contributed by atoms with Gasteiger partial charge in [-0.2, -0.15) is 10.2 Å². The van der Waals surface area contributed by atoms with E-state index in [0.29, 0.717) is 6.42 Å². The maximum absolute atomic E-state index is 13.1. The molecular formula is C33H40N5O6P. The van der Waals surface area contributed by atoms with E-state index in [1.807, 2.05) is 64.1 Å². The minimum absolute atomic E-state index is 0.0558.